The molecule has 1 aromatic heterocycles. The van der Waals surface area contributed by atoms with Crippen molar-refractivity contribution in [1.82, 2.24) is 4.98 Å². The van der Waals surface area contributed by atoms with Gasteiger partial charge in [-0.2, -0.15) is 0 Å². The molecule has 0 atom stereocenters. The summed E-state index contributed by atoms with van der Waals surface area (Å²) in [6.45, 7) is 0.481. The monoisotopic (exact) mass is 381 g/mol. The molecule has 7 heteroatoms. The summed E-state index contributed by atoms with van der Waals surface area (Å²) >= 11 is 0. The zero-order valence-electron chi connectivity index (χ0n) is 15.0. The van der Waals surface area contributed by atoms with Gasteiger partial charge in [-0.05, 0) is 42.0 Å². The standard InChI is InChI=1S/C20H19N3O3S/c1-22-17-6-3-4-7-18(17)23(14-15-9-11-16(26-2)12-10-15)20-19(27(22,24)25)8-5-13-21-20/h3-13H,14H2,1-2H3. The first-order valence-corrected chi connectivity index (χ1v) is 9.90. The Morgan fingerprint density at radius 1 is 0.963 bits per heavy atom. The highest BCUT2D eigenvalue weighted by molar-refractivity contribution is 7.93. The molecule has 0 radical (unpaired) electrons. The lowest BCUT2D eigenvalue weighted by Gasteiger charge is -2.25. The SMILES string of the molecule is COc1ccc(CN2c3ccccc3N(C)S(=O)(=O)c3cccnc32)cc1. The van der Waals surface area contributed by atoms with E-state index in [4.69, 9.17) is 4.74 Å². The van der Waals surface area contributed by atoms with Gasteiger partial charge in [0.2, 0.25) is 0 Å². The Labute approximate surface area is 158 Å². The molecule has 138 valence electrons. The molecule has 6 nitrogen and oxygen atoms in total. The molecule has 4 rings (SSSR count). The van der Waals surface area contributed by atoms with Crippen LogP contribution in [0.3, 0.4) is 0 Å². The number of pyridine rings is 1. The van der Waals surface area contributed by atoms with Crippen LogP contribution in [0, 0.1) is 0 Å². The number of aromatic nitrogens is 1. The van der Waals surface area contributed by atoms with Crippen molar-refractivity contribution in [2.24, 2.45) is 0 Å². The summed E-state index contributed by atoms with van der Waals surface area (Å²) in [6, 6.07) is 18.4. The number of rotatable bonds is 3. The molecule has 0 aliphatic carbocycles. The van der Waals surface area contributed by atoms with Crippen LogP contribution >= 0.6 is 0 Å². The van der Waals surface area contributed by atoms with Crippen LogP contribution < -0.4 is 13.9 Å². The smallest absolute Gasteiger partial charge is 0.267 e. The number of methoxy groups -OCH3 is 1. The molecule has 1 aliphatic heterocycles. The van der Waals surface area contributed by atoms with E-state index in [1.54, 1.807) is 38.6 Å². The van der Waals surface area contributed by atoms with Gasteiger partial charge >= 0.3 is 0 Å². The minimum Gasteiger partial charge on any atom is -0.497 e. The molecule has 0 unspecified atom stereocenters. The molecule has 0 amide bonds. The Morgan fingerprint density at radius 2 is 1.67 bits per heavy atom. The van der Waals surface area contributed by atoms with Gasteiger partial charge in [-0.1, -0.05) is 24.3 Å². The van der Waals surface area contributed by atoms with Gasteiger partial charge in [-0.25, -0.2) is 13.4 Å². The number of benzene rings is 2. The fourth-order valence-corrected chi connectivity index (χ4v) is 4.56. The highest BCUT2D eigenvalue weighted by Gasteiger charge is 2.34. The zero-order chi connectivity index (χ0) is 19.0. The lowest BCUT2D eigenvalue weighted by Crippen LogP contribution is -2.25. The van der Waals surface area contributed by atoms with E-state index in [1.165, 1.54) is 4.31 Å². The third kappa shape index (κ3) is 2.90. The largest absolute Gasteiger partial charge is 0.497 e. The van der Waals surface area contributed by atoms with Crippen LogP contribution in [0.4, 0.5) is 17.2 Å². The van der Waals surface area contributed by atoms with Crippen molar-refractivity contribution < 1.29 is 13.2 Å². The van der Waals surface area contributed by atoms with Crippen molar-refractivity contribution in [2.75, 3.05) is 23.4 Å². The molecule has 0 saturated heterocycles. The summed E-state index contributed by atoms with van der Waals surface area (Å²) in [5.74, 6) is 1.20. The maximum Gasteiger partial charge on any atom is 0.267 e. The number of anilines is 3. The minimum absolute atomic E-state index is 0.192. The highest BCUT2D eigenvalue weighted by atomic mass is 32.2. The second kappa shape index (κ2) is 6.59. The van der Waals surface area contributed by atoms with E-state index < -0.39 is 10.0 Å². The number of ether oxygens (including phenoxy) is 1. The van der Waals surface area contributed by atoms with Gasteiger partial charge in [-0.15, -0.1) is 0 Å². The molecule has 0 N–H and O–H groups in total. The van der Waals surface area contributed by atoms with E-state index in [-0.39, 0.29) is 4.90 Å². The predicted octanol–water partition coefficient (Wildman–Crippen LogP) is 3.57. The molecule has 1 aliphatic rings. The summed E-state index contributed by atoms with van der Waals surface area (Å²) in [4.78, 5) is 6.54. The second-order valence-electron chi connectivity index (χ2n) is 6.22. The molecule has 0 saturated carbocycles. The normalized spacial score (nSPS) is 14.9. The number of hydrogen-bond acceptors (Lipinski definition) is 5. The topological polar surface area (TPSA) is 62.7 Å². The zero-order valence-corrected chi connectivity index (χ0v) is 15.8. The third-order valence-corrected chi connectivity index (χ3v) is 6.45. The third-order valence-electron chi connectivity index (χ3n) is 4.66. The average Bonchev–Trinajstić information content (AvgIpc) is 2.77. The van der Waals surface area contributed by atoms with E-state index in [0.717, 1.165) is 17.0 Å². The van der Waals surface area contributed by atoms with Gasteiger partial charge in [0.05, 0.1) is 18.5 Å². The lowest BCUT2D eigenvalue weighted by molar-refractivity contribution is 0.414. The van der Waals surface area contributed by atoms with E-state index in [9.17, 15) is 8.42 Å². The lowest BCUT2D eigenvalue weighted by atomic mass is 10.1. The summed E-state index contributed by atoms with van der Waals surface area (Å²) in [5.41, 5.74) is 2.42. The molecule has 27 heavy (non-hydrogen) atoms. The Hall–Kier alpha value is -3.06. The Bertz CT molecular complexity index is 1080. The van der Waals surface area contributed by atoms with E-state index in [1.807, 2.05) is 47.4 Å². The van der Waals surface area contributed by atoms with Crippen molar-refractivity contribution in [3.63, 3.8) is 0 Å². The van der Waals surface area contributed by atoms with Gasteiger partial charge in [0.15, 0.2) is 5.82 Å². The molecule has 2 heterocycles. The van der Waals surface area contributed by atoms with Crippen molar-refractivity contribution in [2.45, 2.75) is 11.4 Å². The predicted molar refractivity (Wildman–Crippen MR) is 105 cm³/mol. The van der Waals surface area contributed by atoms with Crippen molar-refractivity contribution in [1.29, 1.82) is 0 Å². The summed E-state index contributed by atoms with van der Waals surface area (Å²) < 4.78 is 32.8. The van der Waals surface area contributed by atoms with Crippen LogP contribution in [-0.4, -0.2) is 27.6 Å². The Balaban J connectivity index is 1.90. The van der Waals surface area contributed by atoms with Crippen molar-refractivity contribution in [3.8, 4) is 5.75 Å². The molecule has 0 bridgehead atoms. The van der Waals surface area contributed by atoms with Crippen LogP contribution in [0.15, 0.2) is 71.8 Å². The Morgan fingerprint density at radius 3 is 2.37 bits per heavy atom. The highest BCUT2D eigenvalue weighted by Crippen LogP contribution is 2.42. The first-order chi connectivity index (χ1) is 13.0. The van der Waals surface area contributed by atoms with E-state index >= 15 is 0 Å². The van der Waals surface area contributed by atoms with Crippen LogP contribution in [0.5, 0.6) is 5.75 Å². The summed E-state index contributed by atoms with van der Waals surface area (Å²) in [7, 11) is -0.500. The average molecular weight is 381 g/mol. The maximum absolute atomic E-state index is 13.1. The number of hydrogen-bond donors (Lipinski definition) is 0. The number of sulfonamides is 1. The van der Waals surface area contributed by atoms with Gasteiger partial charge in [-0.3, -0.25) is 4.31 Å². The van der Waals surface area contributed by atoms with Gasteiger partial charge in [0, 0.05) is 19.8 Å². The summed E-state index contributed by atoms with van der Waals surface area (Å²) in [6.07, 6.45) is 1.61. The molecule has 3 aromatic rings. The molecule has 0 spiro atoms. The number of para-hydroxylation sites is 2. The first-order valence-electron chi connectivity index (χ1n) is 8.46. The quantitative estimate of drug-likeness (QED) is 0.694. The van der Waals surface area contributed by atoms with Crippen LogP contribution in [-0.2, 0) is 16.6 Å². The molecular weight excluding hydrogens is 362 g/mol. The van der Waals surface area contributed by atoms with E-state index in [2.05, 4.69) is 4.98 Å². The fourth-order valence-electron chi connectivity index (χ4n) is 3.21. The summed E-state index contributed by atoms with van der Waals surface area (Å²) in [5, 5.41) is 0. The van der Waals surface area contributed by atoms with Crippen molar-refractivity contribution in [3.05, 3.63) is 72.4 Å². The van der Waals surface area contributed by atoms with Gasteiger partial charge in [0.25, 0.3) is 10.0 Å². The Kier molecular flexibility index (Phi) is 4.24. The second-order valence-corrected chi connectivity index (χ2v) is 8.16. The number of fused-ring (bicyclic) bond motifs is 2. The fraction of sp³-hybridized carbons (Fsp3) is 0.150. The first kappa shape index (κ1) is 17.4. The minimum atomic E-state index is -3.70. The van der Waals surface area contributed by atoms with Crippen LogP contribution in [0.1, 0.15) is 5.56 Å². The molecule has 0 fully saturated rings. The maximum atomic E-state index is 13.1. The number of nitrogens with zero attached hydrogens (tertiary/aromatic N) is 3. The molecular formula is C20H19N3O3S. The van der Waals surface area contributed by atoms with Crippen LogP contribution in [0.2, 0.25) is 0 Å². The van der Waals surface area contributed by atoms with Gasteiger partial charge in [0.1, 0.15) is 10.6 Å². The van der Waals surface area contributed by atoms with Crippen LogP contribution in [0.25, 0.3) is 0 Å². The van der Waals surface area contributed by atoms with Gasteiger partial charge < -0.3 is 9.64 Å². The molecule has 2 aromatic carbocycles. The van der Waals surface area contributed by atoms with E-state index in [0.29, 0.717) is 18.1 Å². The van der Waals surface area contributed by atoms with Crippen molar-refractivity contribution >= 4 is 27.2 Å².